The molecule has 8 heteroatoms. The molecule has 0 spiro atoms. The number of oxazole rings is 1. The van der Waals surface area contributed by atoms with E-state index in [9.17, 15) is 4.79 Å². The Bertz CT molecular complexity index is 1440. The number of hydrogen-bond acceptors (Lipinski definition) is 6. The number of aromatic nitrogens is 4. The van der Waals surface area contributed by atoms with Crippen LogP contribution in [0.15, 0.2) is 101 Å². The second-order valence-corrected chi connectivity index (χ2v) is 9.98. The van der Waals surface area contributed by atoms with Crippen LogP contribution < -0.4 is 5.32 Å². The van der Waals surface area contributed by atoms with E-state index < -0.39 is 0 Å². The van der Waals surface area contributed by atoms with Gasteiger partial charge in [0.1, 0.15) is 12.1 Å². The predicted octanol–water partition coefficient (Wildman–Crippen LogP) is 6.12. The van der Waals surface area contributed by atoms with E-state index in [1.807, 2.05) is 60.0 Å². The number of benzene rings is 3. The van der Waals surface area contributed by atoms with Crippen LogP contribution in [0, 0.1) is 13.8 Å². The summed E-state index contributed by atoms with van der Waals surface area (Å²) >= 11 is 1.46. The Morgan fingerprint density at radius 3 is 2.24 bits per heavy atom. The van der Waals surface area contributed by atoms with Gasteiger partial charge in [0.15, 0.2) is 10.9 Å². The van der Waals surface area contributed by atoms with Crippen LogP contribution in [0.25, 0.3) is 5.69 Å². The number of aryl methyl sites for hydroxylation is 2. The zero-order valence-corrected chi connectivity index (χ0v) is 22.2. The van der Waals surface area contributed by atoms with E-state index in [1.54, 1.807) is 0 Å². The molecule has 0 atom stereocenters. The lowest BCUT2D eigenvalue weighted by atomic mass is 9.88. The Kier molecular flexibility index (Phi) is 7.99. The zero-order chi connectivity index (χ0) is 26.3. The molecule has 3 aromatic carbocycles. The number of hydrogen-bond donors (Lipinski definition) is 1. The van der Waals surface area contributed by atoms with Crippen molar-refractivity contribution in [3.8, 4) is 5.69 Å². The molecule has 1 amide bonds. The van der Waals surface area contributed by atoms with E-state index in [0.717, 1.165) is 23.1 Å². The minimum atomic E-state index is -0.247. The molecule has 0 saturated carbocycles. The maximum Gasteiger partial charge on any atom is 0.273 e. The summed E-state index contributed by atoms with van der Waals surface area (Å²) in [5.41, 5.74) is 4.91. The number of amides is 1. The van der Waals surface area contributed by atoms with Crippen molar-refractivity contribution in [2.45, 2.75) is 37.1 Å². The van der Waals surface area contributed by atoms with Gasteiger partial charge in [-0.25, -0.2) is 4.98 Å². The summed E-state index contributed by atoms with van der Waals surface area (Å²) in [6.07, 6.45) is 2.18. The number of carbonyl (C=O) groups is 1. The van der Waals surface area contributed by atoms with Gasteiger partial charge in [0, 0.05) is 18.2 Å². The van der Waals surface area contributed by atoms with Gasteiger partial charge >= 0.3 is 0 Å². The first-order valence-corrected chi connectivity index (χ1v) is 13.5. The van der Waals surface area contributed by atoms with Gasteiger partial charge in [0.25, 0.3) is 5.91 Å². The van der Waals surface area contributed by atoms with E-state index in [2.05, 4.69) is 63.8 Å². The van der Waals surface area contributed by atoms with Crippen LogP contribution in [0.2, 0.25) is 0 Å². The van der Waals surface area contributed by atoms with Crippen molar-refractivity contribution in [1.29, 1.82) is 0 Å². The average Bonchev–Trinajstić information content (AvgIpc) is 3.58. The molecule has 2 aromatic heterocycles. The summed E-state index contributed by atoms with van der Waals surface area (Å²) in [4.78, 5) is 17.2. The number of nitrogens with one attached hydrogen (secondary N) is 1. The third kappa shape index (κ3) is 6.03. The molecule has 0 bridgehead atoms. The Morgan fingerprint density at radius 1 is 0.921 bits per heavy atom. The van der Waals surface area contributed by atoms with E-state index in [1.165, 1.54) is 34.7 Å². The summed E-state index contributed by atoms with van der Waals surface area (Å²) in [7, 11) is 0. The predicted molar refractivity (Wildman–Crippen MR) is 149 cm³/mol. The van der Waals surface area contributed by atoms with Crippen molar-refractivity contribution in [3.63, 3.8) is 0 Å². The summed E-state index contributed by atoms with van der Waals surface area (Å²) in [5.74, 6) is 1.64. The molecule has 0 saturated heterocycles. The van der Waals surface area contributed by atoms with Crippen LogP contribution in [-0.2, 0) is 5.75 Å². The molecule has 5 aromatic rings. The number of nitrogens with zero attached hydrogens (tertiary/aromatic N) is 4. The molecule has 1 N–H and O–H groups in total. The van der Waals surface area contributed by atoms with Crippen LogP contribution in [0.5, 0.6) is 0 Å². The largest absolute Gasteiger partial charge is 0.447 e. The van der Waals surface area contributed by atoms with E-state index in [0.29, 0.717) is 18.2 Å². The van der Waals surface area contributed by atoms with Gasteiger partial charge in [0.05, 0.1) is 5.75 Å². The van der Waals surface area contributed by atoms with Crippen molar-refractivity contribution < 1.29 is 9.21 Å². The van der Waals surface area contributed by atoms with E-state index >= 15 is 0 Å². The smallest absolute Gasteiger partial charge is 0.273 e. The lowest BCUT2D eigenvalue weighted by Gasteiger charge is -2.18. The maximum absolute atomic E-state index is 12.8. The van der Waals surface area contributed by atoms with Crippen molar-refractivity contribution in [2.24, 2.45) is 0 Å². The fourth-order valence-electron chi connectivity index (χ4n) is 4.35. The van der Waals surface area contributed by atoms with E-state index in [4.69, 9.17) is 4.42 Å². The Balaban J connectivity index is 1.19. The van der Waals surface area contributed by atoms with Crippen molar-refractivity contribution >= 4 is 17.7 Å². The topological polar surface area (TPSA) is 85.8 Å². The first-order chi connectivity index (χ1) is 18.6. The van der Waals surface area contributed by atoms with Gasteiger partial charge in [-0.2, -0.15) is 0 Å². The minimum Gasteiger partial charge on any atom is -0.447 e. The number of rotatable bonds is 10. The maximum atomic E-state index is 12.8. The highest BCUT2D eigenvalue weighted by molar-refractivity contribution is 7.98. The molecular formula is C30H29N5O2S. The normalized spacial score (nSPS) is 11.1. The molecule has 0 fully saturated rings. The fraction of sp³-hybridized carbons (Fsp3) is 0.200. The summed E-state index contributed by atoms with van der Waals surface area (Å²) in [6, 6.07) is 28.9. The Hall–Kier alpha value is -4.17. The third-order valence-electron chi connectivity index (χ3n) is 6.32. The highest BCUT2D eigenvalue weighted by Crippen LogP contribution is 2.28. The second-order valence-electron chi connectivity index (χ2n) is 9.03. The summed E-state index contributed by atoms with van der Waals surface area (Å²) < 4.78 is 7.59. The van der Waals surface area contributed by atoms with Crippen molar-refractivity contribution in [1.82, 2.24) is 25.1 Å². The average molecular weight is 524 g/mol. The van der Waals surface area contributed by atoms with Gasteiger partial charge in [-0.15, -0.1) is 10.2 Å². The van der Waals surface area contributed by atoms with Crippen molar-refractivity contribution in [2.75, 3.05) is 6.54 Å². The molecular weight excluding hydrogens is 494 g/mol. The number of thioether (sulfide) groups is 1. The molecule has 7 nitrogen and oxygen atoms in total. The first-order valence-electron chi connectivity index (χ1n) is 12.5. The van der Waals surface area contributed by atoms with Gasteiger partial charge in [-0.1, -0.05) is 90.1 Å². The van der Waals surface area contributed by atoms with Crippen LogP contribution in [0.3, 0.4) is 0 Å². The Morgan fingerprint density at radius 2 is 1.58 bits per heavy atom. The van der Waals surface area contributed by atoms with Crippen LogP contribution in [0.1, 0.15) is 51.2 Å². The first kappa shape index (κ1) is 25.5. The van der Waals surface area contributed by atoms with Crippen LogP contribution in [-0.4, -0.2) is 32.2 Å². The lowest BCUT2D eigenvalue weighted by molar-refractivity contribution is 0.0947. The molecule has 0 unspecified atom stereocenters. The molecule has 0 aliphatic carbocycles. The summed E-state index contributed by atoms with van der Waals surface area (Å²) in [6.45, 7) is 4.49. The van der Waals surface area contributed by atoms with Crippen LogP contribution in [0.4, 0.5) is 0 Å². The highest BCUT2D eigenvalue weighted by atomic mass is 32.2. The molecule has 0 radical (unpaired) electrons. The van der Waals surface area contributed by atoms with Crippen LogP contribution >= 0.6 is 11.8 Å². The van der Waals surface area contributed by atoms with Gasteiger partial charge in [0.2, 0.25) is 5.89 Å². The molecule has 38 heavy (non-hydrogen) atoms. The monoisotopic (exact) mass is 523 g/mol. The van der Waals surface area contributed by atoms with E-state index in [-0.39, 0.29) is 17.5 Å². The molecule has 0 aliphatic rings. The molecule has 2 heterocycles. The SMILES string of the molecule is Cc1ccc(-n2c(C)nnc2SCc2nc(C(=O)NCCC(c3ccccc3)c3ccccc3)co2)cc1. The van der Waals surface area contributed by atoms with Gasteiger partial charge < -0.3 is 9.73 Å². The molecule has 5 rings (SSSR count). The lowest BCUT2D eigenvalue weighted by Crippen LogP contribution is -2.26. The molecule has 192 valence electrons. The second kappa shape index (κ2) is 11.9. The Labute approximate surface area is 226 Å². The molecule has 0 aliphatic heterocycles. The minimum absolute atomic E-state index is 0.191. The van der Waals surface area contributed by atoms with Gasteiger partial charge in [-0.05, 0) is 43.5 Å². The highest BCUT2D eigenvalue weighted by Gasteiger charge is 2.17. The number of carbonyl (C=O) groups excluding carboxylic acids is 1. The third-order valence-corrected chi connectivity index (χ3v) is 7.23. The van der Waals surface area contributed by atoms with Crippen molar-refractivity contribution in [3.05, 3.63) is 125 Å². The quantitative estimate of drug-likeness (QED) is 0.222. The zero-order valence-electron chi connectivity index (χ0n) is 21.4. The fourth-order valence-corrected chi connectivity index (χ4v) is 5.20. The van der Waals surface area contributed by atoms with Gasteiger partial charge in [-0.3, -0.25) is 9.36 Å². The standard InChI is InChI=1S/C30H29N5O2S/c1-21-13-15-25(16-14-21)35-22(2)33-34-30(35)38-20-28-32-27(19-37-28)29(36)31-18-17-26(23-9-5-3-6-10-23)24-11-7-4-8-12-24/h3-16,19,26H,17-18,20H2,1-2H3,(H,31,36). The summed E-state index contributed by atoms with van der Waals surface area (Å²) in [5, 5.41) is 12.3.